The summed E-state index contributed by atoms with van der Waals surface area (Å²) in [5, 5.41) is 0. The van der Waals surface area contributed by atoms with Gasteiger partial charge in [-0.25, -0.2) is 0 Å². The maximum Gasteiger partial charge on any atom is 0.416 e. The SMILES string of the molecule is C=C(C(OC)OC)C(F)(F)F. The second-order valence-corrected chi connectivity index (χ2v) is 1.83. The first-order valence-corrected chi connectivity index (χ1v) is 2.75. The fourth-order valence-corrected chi connectivity index (χ4v) is 0.514. The molecule has 0 spiro atoms. The van der Waals surface area contributed by atoms with Crippen LogP contribution in [-0.4, -0.2) is 26.7 Å². The van der Waals surface area contributed by atoms with Crippen molar-refractivity contribution >= 4 is 0 Å². The van der Waals surface area contributed by atoms with E-state index in [1.165, 1.54) is 0 Å². The number of halogens is 3. The van der Waals surface area contributed by atoms with Crippen molar-refractivity contribution in [3.05, 3.63) is 12.2 Å². The van der Waals surface area contributed by atoms with Gasteiger partial charge < -0.3 is 9.47 Å². The third-order valence-corrected chi connectivity index (χ3v) is 1.08. The van der Waals surface area contributed by atoms with Crippen LogP contribution in [0, 0.1) is 0 Å². The van der Waals surface area contributed by atoms with Gasteiger partial charge in [0, 0.05) is 14.2 Å². The molecule has 0 heterocycles. The summed E-state index contributed by atoms with van der Waals surface area (Å²) in [4.78, 5) is 0. The van der Waals surface area contributed by atoms with Crippen LogP contribution in [0.25, 0.3) is 0 Å². The van der Waals surface area contributed by atoms with Gasteiger partial charge in [0.15, 0.2) is 6.29 Å². The quantitative estimate of drug-likeness (QED) is 0.474. The van der Waals surface area contributed by atoms with Crippen LogP contribution in [-0.2, 0) is 9.47 Å². The van der Waals surface area contributed by atoms with Crippen LogP contribution in [0.15, 0.2) is 12.2 Å². The van der Waals surface area contributed by atoms with Crippen LogP contribution in [0.4, 0.5) is 13.2 Å². The van der Waals surface area contributed by atoms with Gasteiger partial charge in [0.05, 0.1) is 5.57 Å². The first kappa shape index (κ1) is 10.4. The Morgan fingerprint density at radius 3 is 1.73 bits per heavy atom. The topological polar surface area (TPSA) is 18.5 Å². The normalized spacial score (nSPS) is 12.2. The summed E-state index contributed by atoms with van der Waals surface area (Å²) in [7, 11) is 2.23. The van der Waals surface area contributed by atoms with Crippen molar-refractivity contribution in [3.8, 4) is 0 Å². The molecule has 0 aromatic carbocycles. The molecule has 0 aromatic heterocycles. The average molecular weight is 170 g/mol. The molecule has 0 aliphatic heterocycles. The van der Waals surface area contributed by atoms with Gasteiger partial charge in [0.1, 0.15) is 0 Å². The maximum atomic E-state index is 11.8. The van der Waals surface area contributed by atoms with Gasteiger partial charge in [-0.05, 0) is 0 Å². The highest BCUT2D eigenvalue weighted by molar-refractivity contribution is 5.05. The Hall–Kier alpha value is -0.550. The van der Waals surface area contributed by atoms with Crippen molar-refractivity contribution < 1.29 is 22.6 Å². The highest BCUT2D eigenvalue weighted by Gasteiger charge is 2.37. The lowest BCUT2D eigenvalue weighted by atomic mass is 10.3. The van der Waals surface area contributed by atoms with Gasteiger partial charge in [-0.3, -0.25) is 0 Å². The van der Waals surface area contributed by atoms with Gasteiger partial charge in [-0.15, -0.1) is 0 Å². The average Bonchev–Trinajstić information content (AvgIpc) is 1.88. The number of ether oxygens (including phenoxy) is 2. The van der Waals surface area contributed by atoms with Crippen LogP contribution in [0.2, 0.25) is 0 Å². The first-order chi connectivity index (χ1) is 4.93. The van der Waals surface area contributed by atoms with Crippen molar-refractivity contribution in [1.29, 1.82) is 0 Å². The molecule has 0 aliphatic rings. The summed E-state index contributed by atoms with van der Waals surface area (Å²) in [5.74, 6) is 0. The third-order valence-electron chi connectivity index (χ3n) is 1.08. The summed E-state index contributed by atoms with van der Waals surface area (Å²) in [6, 6.07) is 0. The molecule has 5 heteroatoms. The Morgan fingerprint density at radius 1 is 1.27 bits per heavy atom. The molecule has 0 aliphatic carbocycles. The Labute approximate surface area is 62.6 Å². The number of rotatable bonds is 3. The number of methoxy groups -OCH3 is 2. The van der Waals surface area contributed by atoms with Crippen LogP contribution >= 0.6 is 0 Å². The minimum atomic E-state index is -4.46. The van der Waals surface area contributed by atoms with E-state index in [9.17, 15) is 13.2 Å². The second kappa shape index (κ2) is 3.73. The number of hydrogen-bond donors (Lipinski definition) is 0. The van der Waals surface area contributed by atoms with E-state index in [-0.39, 0.29) is 0 Å². The Kier molecular flexibility index (Phi) is 3.54. The van der Waals surface area contributed by atoms with Crippen molar-refractivity contribution in [1.82, 2.24) is 0 Å². The molecule has 2 nitrogen and oxygen atoms in total. The molecule has 0 unspecified atom stereocenters. The zero-order valence-corrected chi connectivity index (χ0v) is 6.23. The zero-order valence-electron chi connectivity index (χ0n) is 6.23. The smallest absolute Gasteiger partial charge is 0.352 e. The van der Waals surface area contributed by atoms with Crippen molar-refractivity contribution in [3.63, 3.8) is 0 Å². The number of hydrogen-bond acceptors (Lipinski definition) is 2. The predicted molar refractivity (Wildman–Crippen MR) is 33.0 cm³/mol. The van der Waals surface area contributed by atoms with Crippen LogP contribution < -0.4 is 0 Å². The Bertz CT molecular complexity index is 137. The van der Waals surface area contributed by atoms with E-state index >= 15 is 0 Å². The molecule has 0 fully saturated rings. The maximum absolute atomic E-state index is 11.8. The molecule has 11 heavy (non-hydrogen) atoms. The van der Waals surface area contributed by atoms with E-state index < -0.39 is 18.0 Å². The summed E-state index contributed by atoms with van der Waals surface area (Å²) < 4.78 is 44.1. The molecule has 0 atom stereocenters. The highest BCUT2D eigenvalue weighted by Crippen LogP contribution is 2.27. The first-order valence-electron chi connectivity index (χ1n) is 2.75. The second-order valence-electron chi connectivity index (χ2n) is 1.83. The summed E-state index contributed by atoms with van der Waals surface area (Å²) in [5.41, 5.74) is -1.04. The minimum absolute atomic E-state index is 1.04. The molecular formula is C6H9F3O2. The van der Waals surface area contributed by atoms with Crippen LogP contribution in [0.3, 0.4) is 0 Å². The molecule has 0 N–H and O–H groups in total. The van der Waals surface area contributed by atoms with E-state index in [0.717, 1.165) is 14.2 Å². The van der Waals surface area contributed by atoms with E-state index in [2.05, 4.69) is 16.1 Å². The lowest BCUT2D eigenvalue weighted by Gasteiger charge is -2.17. The molecule has 0 saturated heterocycles. The van der Waals surface area contributed by atoms with Crippen molar-refractivity contribution in [2.24, 2.45) is 0 Å². The predicted octanol–water partition coefficient (Wildman–Crippen LogP) is 1.72. The number of alkyl halides is 3. The molecule has 0 rings (SSSR count). The largest absolute Gasteiger partial charge is 0.416 e. The van der Waals surface area contributed by atoms with E-state index in [4.69, 9.17) is 0 Å². The van der Waals surface area contributed by atoms with Crippen molar-refractivity contribution in [2.75, 3.05) is 14.2 Å². The standard InChI is InChI=1S/C6H9F3O2/c1-4(6(7,8)9)5(10-2)11-3/h5H,1H2,2-3H3. The van der Waals surface area contributed by atoms with E-state index in [1.54, 1.807) is 0 Å². The Morgan fingerprint density at radius 2 is 1.64 bits per heavy atom. The van der Waals surface area contributed by atoms with Crippen LogP contribution in [0.1, 0.15) is 0 Å². The molecule has 0 radical (unpaired) electrons. The van der Waals surface area contributed by atoms with Gasteiger partial charge in [0.25, 0.3) is 0 Å². The van der Waals surface area contributed by atoms with Gasteiger partial charge in [-0.1, -0.05) is 6.58 Å². The highest BCUT2D eigenvalue weighted by atomic mass is 19.4. The van der Waals surface area contributed by atoms with Crippen LogP contribution in [0.5, 0.6) is 0 Å². The third kappa shape index (κ3) is 2.90. The van der Waals surface area contributed by atoms with Gasteiger partial charge in [-0.2, -0.15) is 13.2 Å². The van der Waals surface area contributed by atoms with Gasteiger partial charge >= 0.3 is 6.18 Å². The molecular weight excluding hydrogens is 161 g/mol. The molecule has 0 saturated carbocycles. The van der Waals surface area contributed by atoms with Gasteiger partial charge in [0.2, 0.25) is 0 Å². The minimum Gasteiger partial charge on any atom is -0.352 e. The van der Waals surface area contributed by atoms with E-state index in [1.807, 2.05) is 0 Å². The monoisotopic (exact) mass is 170 g/mol. The fraction of sp³-hybridized carbons (Fsp3) is 0.667. The Balaban J connectivity index is 4.22. The van der Waals surface area contributed by atoms with E-state index in [0.29, 0.717) is 0 Å². The fourth-order valence-electron chi connectivity index (χ4n) is 0.514. The summed E-state index contributed by atoms with van der Waals surface area (Å²) in [6.07, 6.45) is -5.87. The van der Waals surface area contributed by atoms with Crippen molar-refractivity contribution in [2.45, 2.75) is 12.5 Å². The molecule has 0 aromatic rings. The molecule has 66 valence electrons. The molecule has 0 bridgehead atoms. The summed E-state index contributed by atoms with van der Waals surface area (Å²) >= 11 is 0. The lowest BCUT2D eigenvalue weighted by molar-refractivity contribution is -0.151. The summed E-state index contributed by atoms with van der Waals surface area (Å²) in [6.45, 7) is 2.79. The zero-order chi connectivity index (χ0) is 9.07. The molecule has 0 amide bonds. The lowest BCUT2D eigenvalue weighted by Crippen LogP contribution is -2.26.